The van der Waals surface area contributed by atoms with Crippen molar-refractivity contribution in [3.63, 3.8) is 0 Å². The van der Waals surface area contributed by atoms with Gasteiger partial charge in [-0.1, -0.05) is 12.5 Å². The minimum Gasteiger partial charge on any atom is -0.378 e. The number of carbonyl (C=O) groups is 1. The van der Waals surface area contributed by atoms with Crippen LogP contribution in [0.4, 0.5) is 0 Å². The molecule has 0 aromatic carbocycles. The van der Waals surface area contributed by atoms with Crippen molar-refractivity contribution < 1.29 is 9.53 Å². The van der Waals surface area contributed by atoms with Gasteiger partial charge in [0.15, 0.2) is 5.78 Å². The summed E-state index contributed by atoms with van der Waals surface area (Å²) in [4.78, 5) is 11.4. The Hall–Kier alpha value is -0.630. The zero-order valence-corrected chi connectivity index (χ0v) is 10.9. The second kappa shape index (κ2) is 6.34. The summed E-state index contributed by atoms with van der Waals surface area (Å²) in [6.07, 6.45) is 11.3. The molecule has 2 aliphatic rings. The van der Waals surface area contributed by atoms with Crippen LogP contribution in [0.3, 0.4) is 0 Å². The van der Waals surface area contributed by atoms with E-state index in [0.29, 0.717) is 17.8 Å². The summed E-state index contributed by atoms with van der Waals surface area (Å²) in [5.74, 6) is 1.01. The summed E-state index contributed by atoms with van der Waals surface area (Å²) in [7, 11) is 0. The van der Waals surface area contributed by atoms with E-state index in [4.69, 9.17) is 4.74 Å². The highest BCUT2D eigenvalue weighted by molar-refractivity contribution is 5.91. The highest BCUT2D eigenvalue weighted by atomic mass is 16.5. The molecule has 0 heterocycles. The van der Waals surface area contributed by atoms with E-state index in [0.717, 1.165) is 32.3 Å². The standard InChI is InChI=1S/C15H24O2/c1-2-10-17-15-8-6-12(7-9-15)13-4-3-5-14(16)11-13/h11-12,15H,2-10H2,1H3/t12-,15-. The van der Waals surface area contributed by atoms with Crippen LogP contribution in [0.5, 0.6) is 0 Å². The average molecular weight is 236 g/mol. The summed E-state index contributed by atoms with van der Waals surface area (Å²) in [6.45, 7) is 3.06. The first kappa shape index (κ1) is 12.8. The fourth-order valence-corrected chi connectivity index (χ4v) is 3.02. The third-order valence-electron chi connectivity index (χ3n) is 3.99. The summed E-state index contributed by atoms with van der Waals surface area (Å²) < 4.78 is 5.80. The SMILES string of the molecule is CCCO[C@H]1CC[C@H](C2=CC(=O)CCC2)CC1. The van der Waals surface area contributed by atoms with Gasteiger partial charge in [-0.15, -0.1) is 0 Å². The molecule has 0 aromatic rings. The van der Waals surface area contributed by atoms with E-state index >= 15 is 0 Å². The Bertz CT molecular complexity index is 285. The molecule has 17 heavy (non-hydrogen) atoms. The molecular weight excluding hydrogens is 212 g/mol. The van der Waals surface area contributed by atoms with Gasteiger partial charge in [0.25, 0.3) is 0 Å². The van der Waals surface area contributed by atoms with Gasteiger partial charge in [0.2, 0.25) is 0 Å². The summed E-state index contributed by atoms with van der Waals surface area (Å²) >= 11 is 0. The Kier molecular flexibility index (Phi) is 4.78. The monoisotopic (exact) mass is 236 g/mol. The molecule has 1 saturated carbocycles. The van der Waals surface area contributed by atoms with Crippen LogP contribution in [0.2, 0.25) is 0 Å². The van der Waals surface area contributed by atoms with E-state index in [1.54, 1.807) is 0 Å². The van der Waals surface area contributed by atoms with E-state index in [2.05, 4.69) is 6.92 Å². The lowest BCUT2D eigenvalue weighted by molar-refractivity contribution is -0.115. The van der Waals surface area contributed by atoms with Crippen LogP contribution >= 0.6 is 0 Å². The summed E-state index contributed by atoms with van der Waals surface area (Å²) in [5.41, 5.74) is 1.43. The largest absolute Gasteiger partial charge is 0.378 e. The van der Waals surface area contributed by atoms with Gasteiger partial charge >= 0.3 is 0 Å². The third kappa shape index (κ3) is 3.67. The smallest absolute Gasteiger partial charge is 0.155 e. The molecule has 0 aliphatic heterocycles. The van der Waals surface area contributed by atoms with Crippen LogP contribution in [0, 0.1) is 5.92 Å². The predicted octanol–water partition coefficient (Wildman–Crippen LogP) is 3.65. The van der Waals surface area contributed by atoms with Crippen molar-refractivity contribution in [2.75, 3.05) is 6.61 Å². The minimum atomic E-state index is 0.343. The Labute approximate surface area is 104 Å². The number of rotatable bonds is 4. The van der Waals surface area contributed by atoms with Gasteiger partial charge in [0, 0.05) is 13.0 Å². The molecule has 0 amide bonds. The minimum absolute atomic E-state index is 0.343. The van der Waals surface area contributed by atoms with Gasteiger partial charge in [-0.25, -0.2) is 0 Å². The Morgan fingerprint density at radius 2 is 2.00 bits per heavy atom. The zero-order chi connectivity index (χ0) is 12.1. The van der Waals surface area contributed by atoms with Crippen molar-refractivity contribution in [1.82, 2.24) is 0 Å². The molecule has 2 aliphatic carbocycles. The van der Waals surface area contributed by atoms with Crippen LogP contribution in [-0.2, 0) is 9.53 Å². The van der Waals surface area contributed by atoms with Crippen LogP contribution in [0.15, 0.2) is 11.6 Å². The third-order valence-corrected chi connectivity index (χ3v) is 3.99. The molecule has 0 radical (unpaired) electrons. The fraction of sp³-hybridized carbons (Fsp3) is 0.800. The van der Waals surface area contributed by atoms with Crippen molar-refractivity contribution in [2.45, 2.75) is 64.4 Å². The van der Waals surface area contributed by atoms with E-state index in [-0.39, 0.29) is 0 Å². The first-order valence-corrected chi connectivity index (χ1v) is 7.14. The maximum Gasteiger partial charge on any atom is 0.155 e. The van der Waals surface area contributed by atoms with Crippen molar-refractivity contribution >= 4 is 5.78 Å². The van der Waals surface area contributed by atoms with Crippen LogP contribution in [0.25, 0.3) is 0 Å². The van der Waals surface area contributed by atoms with Crippen LogP contribution in [0.1, 0.15) is 58.3 Å². The maximum atomic E-state index is 11.4. The quantitative estimate of drug-likeness (QED) is 0.744. The summed E-state index contributed by atoms with van der Waals surface area (Å²) in [6, 6.07) is 0. The molecule has 0 bridgehead atoms. The Morgan fingerprint density at radius 3 is 2.65 bits per heavy atom. The van der Waals surface area contributed by atoms with Gasteiger partial charge in [-0.3, -0.25) is 4.79 Å². The topological polar surface area (TPSA) is 26.3 Å². The normalized spacial score (nSPS) is 30.2. The molecule has 0 aromatic heterocycles. The summed E-state index contributed by atoms with van der Waals surface area (Å²) in [5, 5.41) is 0. The average Bonchev–Trinajstić information content (AvgIpc) is 2.37. The number of hydrogen-bond acceptors (Lipinski definition) is 2. The van der Waals surface area contributed by atoms with Gasteiger partial charge in [0.05, 0.1) is 6.10 Å². The molecule has 2 nitrogen and oxygen atoms in total. The van der Waals surface area contributed by atoms with E-state index in [1.807, 2.05) is 6.08 Å². The van der Waals surface area contributed by atoms with Crippen molar-refractivity contribution in [2.24, 2.45) is 5.92 Å². The van der Waals surface area contributed by atoms with Crippen molar-refractivity contribution in [1.29, 1.82) is 0 Å². The molecule has 96 valence electrons. The van der Waals surface area contributed by atoms with Gasteiger partial charge in [0.1, 0.15) is 0 Å². The molecule has 0 spiro atoms. The predicted molar refractivity (Wildman–Crippen MR) is 68.9 cm³/mol. The number of hydrogen-bond donors (Lipinski definition) is 0. The van der Waals surface area contributed by atoms with E-state index in [9.17, 15) is 4.79 Å². The van der Waals surface area contributed by atoms with Crippen LogP contribution in [-0.4, -0.2) is 18.5 Å². The number of carbonyl (C=O) groups excluding carboxylic acids is 1. The van der Waals surface area contributed by atoms with Gasteiger partial charge < -0.3 is 4.74 Å². The van der Waals surface area contributed by atoms with Gasteiger partial charge in [-0.2, -0.15) is 0 Å². The second-order valence-electron chi connectivity index (χ2n) is 5.38. The number of ketones is 1. The van der Waals surface area contributed by atoms with Crippen molar-refractivity contribution in [3.05, 3.63) is 11.6 Å². The maximum absolute atomic E-state index is 11.4. The fourth-order valence-electron chi connectivity index (χ4n) is 3.02. The van der Waals surface area contributed by atoms with Gasteiger partial charge in [-0.05, 0) is 56.9 Å². The first-order valence-electron chi connectivity index (χ1n) is 7.14. The molecule has 0 atom stereocenters. The Morgan fingerprint density at radius 1 is 1.24 bits per heavy atom. The molecular formula is C15H24O2. The van der Waals surface area contributed by atoms with E-state index in [1.165, 1.54) is 31.3 Å². The lowest BCUT2D eigenvalue weighted by atomic mass is 9.78. The van der Waals surface area contributed by atoms with E-state index < -0.39 is 0 Å². The lowest BCUT2D eigenvalue weighted by Crippen LogP contribution is -2.24. The highest BCUT2D eigenvalue weighted by Crippen LogP contribution is 2.35. The van der Waals surface area contributed by atoms with Crippen LogP contribution < -0.4 is 0 Å². The first-order chi connectivity index (χ1) is 8.29. The zero-order valence-electron chi connectivity index (χ0n) is 10.9. The molecule has 0 N–H and O–H groups in total. The molecule has 2 rings (SSSR count). The molecule has 2 heteroatoms. The Balaban J connectivity index is 1.80. The molecule has 0 unspecified atom stereocenters. The highest BCUT2D eigenvalue weighted by Gasteiger charge is 2.25. The van der Waals surface area contributed by atoms with Crippen molar-refractivity contribution in [3.8, 4) is 0 Å². The number of allylic oxidation sites excluding steroid dienone is 2. The molecule has 1 fully saturated rings. The number of ether oxygens (including phenoxy) is 1. The second-order valence-corrected chi connectivity index (χ2v) is 5.38. The molecule has 0 saturated heterocycles. The lowest BCUT2D eigenvalue weighted by Gasteiger charge is -2.31.